The third-order valence-electron chi connectivity index (χ3n) is 2.43. The van der Waals surface area contributed by atoms with E-state index < -0.39 is 0 Å². The molecule has 1 aromatic carbocycles. The molecule has 2 N–H and O–H groups in total. The van der Waals surface area contributed by atoms with Gasteiger partial charge in [-0.2, -0.15) is 0 Å². The molecule has 0 heterocycles. The second-order valence-electron chi connectivity index (χ2n) is 4.44. The number of esters is 1. The van der Waals surface area contributed by atoms with Crippen molar-refractivity contribution in [3.8, 4) is 0 Å². The fourth-order valence-corrected chi connectivity index (χ4v) is 0.975. The molecule has 0 spiro atoms. The largest absolute Gasteiger partial charge is 0.443 e. The topological polar surface area (TPSA) is 55.6 Å². The first-order valence-electron chi connectivity index (χ1n) is 6.15. The third kappa shape index (κ3) is 9.55. The van der Waals surface area contributed by atoms with Crippen LogP contribution in [0.1, 0.15) is 19.4 Å². The van der Waals surface area contributed by atoms with Crippen molar-refractivity contribution in [2.24, 2.45) is 5.73 Å². The number of nitrogens with zero attached hydrogens (tertiary/aromatic N) is 1. The predicted molar refractivity (Wildman–Crippen MR) is 85.6 cm³/mol. The Bertz CT molecular complexity index is 394. The molecule has 0 bridgehead atoms. The van der Waals surface area contributed by atoms with E-state index in [1.165, 1.54) is 5.56 Å². The maximum atomic E-state index is 10.9. The van der Waals surface area contributed by atoms with Crippen LogP contribution in [0.2, 0.25) is 0 Å². The lowest BCUT2D eigenvalue weighted by molar-refractivity contribution is -0.150. The van der Waals surface area contributed by atoms with Crippen LogP contribution in [0, 0.1) is 0 Å². The van der Waals surface area contributed by atoms with E-state index in [0.29, 0.717) is 12.1 Å². The molecule has 1 unspecified atom stereocenters. The van der Waals surface area contributed by atoms with Gasteiger partial charge in [0, 0.05) is 12.1 Å². The molecule has 0 amide bonds. The Balaban J connectivity index is 0. The number of nitrogens with two attached hydrogens (primary N) is 1. The second-order valence-corrected chi connectivity index (χ2v) is 4.44. The zero-order valence-electron chi connectivity index (χ0n) is 12.6. The minimum absolute atomic E-state index is 0. The van der Waals surface area contributed by atoms with Crippen LogP contribution in [-0.2, 0) is 16.1 Å². The molecule has 1 rings (SSSR count). The maximum Gasteiger partial charge on any atom is 0.334 e. The summed E-state index contributed by atoms with van der Waals surface area (Å²) in [6.07, 6.45) is -0.195. The Morgan fingerprint density at radius 3 is 2.15 bits per heavy atom. The van der Waals surface area contributed by atoms with Crippen LogP contribution < -0.4 is 5.73 Å². The van der Waals surface area contributed by atoms with E-state index in [1.807, 2.05) is 44.4 Å². The van der Waals surface area contributed by atoms with Crippen molar-refractivity contribution in [2.75, 3.05) is 14.1 Å². The van der Waals surface area contributed by atoms with Crippen LogP contribution in [0.15, 0.2) is 42.5 Å². The summed E-state index contributed by atoms with van der Waals surface area (Å²) in [5.41, 5.74) is 6.97. The van der Waals surface area contributed by atoms with Gasteiger partial charge in [0.05, 0.1) is 0 Å². The highest BCUT2D eigenvalue weighted by Gasteiger charge is 2.10. The highest BCUT2D eigenvalue weighted by molar-refractivity contribution is 5.87. The fourth-order valence-electron chi connectivity index (χ4n) is 0.975. The van der Waals surface area contributed by atoms with Crippen molar-refractivity contribution in [1.82, 2.24) is 4.90 Å². The standard InChI is InChI=1S/C8H15NO2.C7H9N.ClH/c1-6(2)8(10)11-7(3)9(4)5;8-6-7-4-2-1-3-5-7;/h7H,1H2,2-5H3;1-5H,6,8H2;1H. The van der Waals surface area contributed by atoms with E-state index in [9.17, 15) is 4.79 Å². The van der Waals surface area contributed by atoms with Crippen LogP contribution in [-0.4, -0.2) is 31.2 Å². The van der Waals surface area contributed by atoms with Gasteiger partial charge >= 0.3 is 5.97 Å². The second kappa shape index (κ2) is 11.5. The average Bonchev–Trinajstić information content (AvgIpc) is 2.40. The van der Waals surface area contributed by atoms with Gasteiger partial charge in [0.1, 0.15) is 0 Å². The lowest BCUT2D eigenvalue weighted by atomic mass is 10.2. The van der Waals surface area contributed by atoms with Crippen molar-refractivity contribution < 1.29 is 9.53 Å². The van der Waals surface area contributed by atoms with Gasteiger partial charge < -0.3 is 10.5 Å². The smallest absolute Gasteiger partial charge is 0.334 e. The van der Waals surface area contributed by atoms with Crippen LogP contribution >= 0.6 is 12.4 Å². The highest BCUT2D eigenvalue weighted by atomic mass is 35.5. The van der Waals surface area contributed by atoms with E-state index >= 15 is 0 Å². The van der Waals surface area contributed by atoms with E-state index in [-0.39, 0.29) is 24.6 Å². The molecular formula is C15H25ClN2O2. The van der Waals surface area contributed by atoms with Gasteiger partial charge in [-0.15, -0.1) is 12.4 Å². The summed E-state index contributed by atoms with van der Waals surface area (Å²) in [4.78, 5) is 12.7. The Morgan fingerprint density at radius 2 is 1.85 bits per heavy atom. The first-order valence-corrected chi connectivity index (χ1v) is 6.15. The lowest BCUT2D eigenvalue weighted by Crippen LogP contribution is -2.30. The van der Waals surface area contributed by atoms with Crippen LogP contribution in [0.5, 0.6) is 0 Å². The molecule has 0 fully saturated rings. The number of benzene rings is 1. The van der Waals surface area contributed by atoms with Crippen molar-refractivity contribution in [1.29, 1.82) is 0 Å². The van der Waals surface area contributed by atoms with Crippen LogP contribution in [0.4, 0.5) is 0 Å². The van der Waals surface area contributed by atoms with Crippen molar-refractivity contribution in [3.63, 3.8) is 0 Å². The number of rotatable bonds is 4. The van der Waals surface area contributed by atoms with Crippen molar-refractivity contribution >= 4 is 18.4 Å². The summed E-state index contributed by atoms with van der Waals surface area (Å²) < 4.78 is 4.96. The molecule has 4 nitrogen and oxygen atoms in total. The summed E-state index contributed by atoms with van der Waals surface area (Å²) >= 11 is 0. The maximum absolute atomic E-state index is 10.9. The first kappa shape index (κ1) is 20.9. The number of hydrogen-bond acceptors (Lipinski definition) is 4. The molecule has 0 radical (unpaired) electrons. The lowest BCUT2D eigenvalue weighted by Gasteiger charge is -2.19. The molecule has 20 heavy (non-hydrogen) atoms. The SMILES string of the molecule is C=C(C)C(=O)OC(C)N(C)C.Cl.NCc1ccccc1. The molecule has 0 aliphatic rings. The normalized spacial score (nSPS) is 10.7. The van der Waals surface area contributed by atoms with Crippen LogP contribution in [0.25, 0.3) is 0 Å². The summed E-state index contributed by atoms with van der Waals surface area (Å²) in [6.45, 7) is 7.55. The number of carbonyl (C=O) groups is 1. The van der Waals surface area contributed by atoms with Gasteiger partial charge in [0.25, 0.3) is 0 Å². The molecular weight excluding hydrogens is 276 g/mol. The van der Waals surface area contributed by atoms with E-state index in [4.69, 9.17) is 10.5 Å². The minimum atomic E-state index is -0.341. The monoisotopic (exact) mass is 300 g/mol. The number of ether oxygens (including phenoxy) is 1. The summed E-state index contributed by atoms with van der Waals surface area (Å²) in [5, 5.41) is 0. The first-order chi connectivity index (χ1) is 8.88. The zero-order chi connectivity index (χ0) is 14.8. The van der Waals surface area contributed by atoms with Gasteiger partial charge in [0.2, 0.25) is 0 Å². The number of carbonyl (C=O) groups excluding carboxylic acids is 1. The molecule has 114 valence electrons. The highest BCUT2D eigenvalue weighted by Crippen LogP contribution is 1.99. The number of hydrogen-bond donors (Lipinski definition) is 1. The molecule has 0 saturated heterocycles. The van der Waals surface area contributed by atoms with Gasteiger partial charge in [-0.05, 0) is 33.5 Å². The van der Waals surface area contributed by atoms with Crippen molar-refractivity contribution in [3.05, 3.63) is 48.0 Å². The van der Waals surface area contributed by atoms with E-state index in [2.05, 4.69) is 6.58 Å². The van der Waals surface area contributed by atoms with Crippen molar-refractivity contribution in [2.45, 2.75) is 26.6 Å². The van der Waals surface area contributed by atoms with E-state index in [1.54, 1.807) is 18.7 Å². The molecule has 0 saturated carbocycles. The molecule has 0 aromatic heterocycles. The molecule has 1 aromatic rings. The van der Waals surface area contributed by atoms with Gasteiger partial charge in [-0.3, -0.25) is 4.90 Å². The zero-order valence-corrected chi connectivity index (χ0v) is 13.4. The third-order valence-corrected chi connectivity index (χ3v) is 2.43. The van der Waals surface area contributed by atoms with Gasteiger partial charge in [-0.25, -0.2) is 4.79 Å². The Labute approximate surface area is 128 Å². The average molecular weight is 301 g/mol. The van der Waals surface area contributed by atoms with Gasteiger partial charge in [0.15, 0.2) is 6.23 Å². The number of halogens is 1. The summed E-state index contributed by atoms with van der Waals surface area (Å²) in [5.74, 6) is -0.341. The van der Waals surface area contributed by atoms with E-state index in [0.717, 1.165) is 0 Å². The predicted octanol–water partition coefficient (Wildman–Crippen LogP) is 2.58. The van der Waals surface area contributed by atoms with Crippen LogP contribution in [0.3, 0.4) is 0 Å². The van der Waals surface area contributed by atoms with Gasteiger partial charge in [-0.1, -0.05) is 36.9 Å². The molecule has 0 aliphatic carbocycles. The summed E-state index contributed by atoms with van der Waals surface area (Å²) in [6, 6.07) is 9.99. The molecule has 5 heteroatoms. The molecule has 1 atom stereocenters. The Morgan fingerprint density at radius 1 is 1.35 bits per heavy atom. The minimum Gasteiger partial charge on any atom is -0.443 e. The Kier molecular flexibility index (Phi) is 12.0. The summed E-state index contributed by atoms with van der Waals surface area (Å²) in [7, 11) is 3.69. The molecule has 0 aliphatic heterocycles. The Hall–Kier alpha value is -1.36. The quantitative estimate of drug-likeness (QED) is 0.527. The fraction of sp³-hybridized carbons (Fsp3) is 0.400.